The van der Waals surface area contributed by atoms with Crippen molar-refractivity contribution in [3.8, 4) is 0 Å². The van der Waals surface area contributed by atoms with E-state index in [0.29, 0.717) is 5.92 Å². The highest BCUT2D eigenvalue weighted by atomic mass is 16.1. The first-order valence-corrected chi connectivity index (χ1v) is 5.01. The van der Waals surface area contributed by atoms with Crippen molar-refractivity contribution in [3.63, 3.8) is 0 Å². The van der Waals surface area contributed by atoms with E-state index in [1.54, 1.807) is 0 Å². The number of benzene rings is 1. The SMILES string of the molecule is CCC(C)[C@@H](C(N)=O)c1ccccc1. The number of nitrogens with two attached hydrogens (primary N) is 1. The predicted molar refractivity (Wildman–Crippen MR) is 57.8 cm³/mol. The van der Waals surface area contributed by atoms with E-state index < -0.39 is 0 Å². The monoisotopic (exact) mass is 191 g/mol. The highest BCUT2D eigenvalue weighted by Gasteiger charge is 2.22. The van der Waals surface area contributed by atoms with Crippen molar-refractivity contribution in [2.24, 2.45) is 11.7 Å². The number of carbonyl (C=O) groups excluding carboxylic acids is 1. The third kappa shape index (κ3) is 2.34. The van der Waals surface area contributed by atoms with Gasteiger partial charge >= 0.3 is 0 Å². The molecule has 1 amide bonds. The number of primary amides is 1. The summed E-state index contributed by atoms with van der Waals surface area (Å²) in [5, 5.41) is 0. The lowest BCUT2D eigenvalue weighted by molar-refractivity contribution is -0.120. The Balaban J connectivity index is 2.95. The zero-order chi connectivity index (χ0) is 10.6. The molecule has 0 saturated heterocycles. The molecule has 0 spiro atoms. The fourth-order valence-electron chi connectivity index (χ4n) is 1.67. The van der Waals surface area contributed by atoms with E-state index in [4.69, 9.17) is 5.73 Å². The van der Waals surface area contributed by atoms with E-state index in [1.807, 2.05) is 30.3 Å². The molecular weight excluding hydrogens is 174 g/mol. The van der Waals surface area contributed by atoms with Crippen LogP contribution in [0.3, 0.4) is 0 Å². The molecule has 0 aliphatic heterocycles. The Morgan fingerprint density at radius 3 is 2.36 bits per heavy atom. The average Bonchev–Trinajstić information content (AvgIpc) is 2.19. The summed E-state index contributed by atoms with van der Waals surface area (Å²) in [6.07, 6.45) is 0.961. The molecule has 0 saturated carbocycles. The van der Waals surface area contributed by atoms with Gasteiger partial charge in [0.05, 0.1) is 5.92 Å². The second-order valence-corrected chi connectivity index (χ2v) is 3.68. The Morgan fingerprint density at radius 1 is 1.36 bits per heavy atom. The fraction of sp³-hybridized carbons (Fsp3) is 0.417. The smallest absolute Gasteiger partial charge is 0.225 e. The number of hydrogen-bond acceptors (Lipinski definition) is 1. The maximum Gasteiger partial charge on any atom is 0.225 e. The molecule has 0 bridgehead atoms. The van der Waals surface area contributed by atoms with Gasteiger partial charge in [-0.15, -0.1) is 0 Å². The molecule has 1 aromatic rings. The van der Waals surface area contributed by atoms with Crippen LogP contribution in [0.4, 0.5) is 0 Å². The van der Waals surface area contributed by atoms with E-state index in [1.165, 1.54) is 0 Å². The lowest BCUT2D eigenvalue weighted by atomic mass is 9.85. The first kappa shape index (κ1) is 10.8. The van der Waals surface area contributed by atoms with Crippen molar-refractivity contribution < 1.29 is 4.79 Å². The van der Waals surface area contributed by atoms with Gasteiger partial charge in [-0.2, -0.15) is 0 Å². The first-order valence-electron chi connectivity index (χ1n) is 5.01. The molecule has 2 N–H and O–H groups in total. The van der Waals surface area contributed by atoms with Crippen molar-refractivity contribution in [3.05, 3.63) is 35.9 Å². The molecule has 0 fully saturated rings. The molecule has 0 aliphatic rings. The van der Waals surface area contributed by atoms with Crippen LogP contribution in [-0.4, -0.2) is 5.91 Å². The Morgan fingerprint density at radius 2 is 1.93 bits per heavy atom. The van der Waals surface area contributed by atoms with Crippen LogP contribution in [0, 0.1) is 5.92 Å². The van der Waals surface area contributed by atoms with Crippen LogP contribution in [0.25, 0.3) is 0 Å². The van der Waals surface area contributed by atoms with Gasteiger partial charge < -0.3 is 5.73 Å². The van der Waals surface area contributed by atoms with E-state index in [0.717, 1.165) is 12.0 Å². The largest absolute Gasteiger partial charge is 0.369 e. The summed E-state index contributed by atoms with van der Waals surface area (Å²) < 4.78 is 0. The lowest BCUT2D eigenvalue weighted by Gasteiger charge is -2.19. The van der Waals surface area contributed by atoms with E-state index in [9.17, 15) is 4.79 Å². The molecule has 14 heavy (non-hydrogen) atoms. The summed E-state index contributed by atoms with van der Waals surface area (Å²) in [4.78, 5) is 11.3. The van der Waals surface area contributed by atoms with Gasteiger partial charge in [-0.1, -0.05) is 50.6 Å². The van der Waals surface area contributed by atoms with Crippen LogP contribution in [0.1, 0.15) is 31.7 Å². The topological polar surface area (TPSA) is 43.1 Å². The second-order valence-electron chi connectivity index (χ2n) is 3.68. The molecule has 0 aromatic heterocycles. The van der Waals surface area contributed by atoms with Crippen LogP contribution in [0.2, 0.25) is 0 Å². The molecule has 2 nitrogen and oxygen atoms in total. The molecule has 1 aromatic carbocycles. The van der Waals surface area contributed by atoms with Gasteiger partial charge in [-0.05, 0) is 11.5 Å². The quantitative estimate of drug-likeness (QED) is 0.779. The van der Waals surface area contributed by atoms with Gasteiger partial charge in [0.2, 0.25) is 5.91 Å². The number of hydrogen-bond donors (Lipinski definition) is 1. The zero-order valence-corrected chi connectivity index (χ0v) is 8.73. The van der Waals surface area contributed by atoms with E-state index in [2.05, 4.69) is 13.8 Å². The maximum absolute atomic E-state index is 11.3. The number of carbonyl (C=O) groups is 1. The fourth-order valence-corrected chi connectivity index (χ4v) is 1.67. The maximum atomic E-state index is 11.3. The Hall–Kier alpha value is -1.31. The molecule has 0 aliphatic carbocycles. The minimum absolute atomic E-state index is 0.152. The van der Waals surface area contributed by atoms with Crippen LogP contribution in [-0.2, 0) is 4.79 Å². The summed E-state index contributed by atoms with van der Waals surface area (Å²) in [6, 6.07) is 9.74. The molecule has 1 rings (SSSR count). The normalized spacial score (nSPS) is 14.7. The number of rotatable bonds is 4. The molecule has 76 valence electrons. The van der Waals surface area contributed by atoms with E-state index in [-0.39, 0.29) is 11.8 Å². The van der Waals surface area contributed by atoms with Crippen molar-refractivity contribution in [1.29, 1.82) is 0 Å². The summed E-state index contributed by atoms with van der Waals surface area (Å²) in [7, 11) is 0. The van der Waals surface area contributed by atoms with Gasteiger partial charge in [-0.3, -0.25) is 4.79 Å². The second kappa shape index (κ2) is 4.80. The van der Waals surface area contributed by atoms with Crippen molar-refractivity contribution in [1.82, 2.24) is 0 Å². The van der Waals surface area contributed by atoms with Crippen LogP contribution < -0.4 is 5.73 Å². The first-order chi connectivity index (χ1) is 6.66. The summed E-state index contributed by atoms with van der Waals surface area (Å²) >= 11 is 0. The Kier molecular flexibility index (Phi) is 3.69. The van der Waals surface area contributed by atoms with Crippen molar-refractivity contribution >= 4 is 5.91 Å². The minimum atomic E-state index is -0.231. The Bertz CT molecular complexity index is 294. The predicted octanol–water partition coefficient (Wildman–Crippen LogP) is 2.30. The molecule has 0 heterocycles. The van der Waals surface area contributed by atoms with Gasteiger partial charge in [-0.25, -0.2) is 0 Å². The summed E-state index contributed by atoms with van der Waals surface area (Å²) in [6.45, 7) is 4.13. The van der Waals surface area contributed by atoms with Crippen molar-refractivity contribution in [2.45, 2.75) is 26.2 Å². The van der Waals surface area contributed by atoms with Gasteiger partial charge in [0, 0.05) is 0 Å². The van der Waals surface area contributed by atoms with Gasteiger partial charge in [0.25, 0.3) is 0 Å². The minimum Gasteiger partial charge on any atom is -0.369 e. The standard InChI is InChI=1S/C12H17NO/c1-3-9(2)11(12(13)14)10-7-5-4-6-8-10/h4-9,11H,3H2,1-2H3,(H2,13,14)/t9?,11-/m1/s1. The Labute approximate surface area is 85.1 Å². The molecule has 1 unspecified atom stereocenters. The highest BCUT2D eigenvalue weighted by Crippen LogP contribution is 2.26. The van der Waals surface area contributed by atoms with Crippen molar-refractivity contribution in [2.75, 3.05) is 0 Å². The summed E-state index contributed by atoms with van der Waals surface area (Å²) in [5.74, 6) is -0.0818. The third-order valence-electron chi connectivity index (χ3n) is 2.68. The molecule has 2 heteroatoms. The third-order valence-corrected chi connectivity index (χ3v) is 2.68. The van der Waals surface area contributed by atoms with Crippen LogP contribution in [0.5, 0.6) is 0 Å². The lowest BCUT2D eigenvalue weighted by Crippen LogP contribution is -2.26. The van der Waals surface area contributed by atoms with Gasteiger partial charge in [0.15, 0.2) is 0 Å². The highest BCUT2D eigenvalue weighted by molar-refractivity contribution is 5.82. The molecule has 2 atom stereocenters. The van der Waals surface area contributed by atoms with E-state index >= 15 is 0 Å². The zero-order valence-electron chi connectivity index (χ0n) is 8.73. The van der Waals surface area contributed by atoms with Gasteiger partial charge in [0.1, 0.15) is 0 Å². The summed E-state index contributed by atoms with van der Waals surface area (Å²) in [5.41, 5.74) is 6.43. The average molecular weight is 191 g/mol. The molecule has 0 radical (unpaired) electrons. The van der Waals surface area contributed by atoms with Crippen LogP contribution >= 0.6 is 0 Å². The van der Waals surface area contributed by atoms with Crippen LogP contribution in [0.15, 0.2) is 30.3 Å². The number of amides is 1. The molecular formula is C12H17NO.